The van der Waals surface area contributed by atoms with Gasteiger partial charge in [-0.3, -0.25) is 9.10 Å². The molecule has 0 unspecified atom stereocenters. The summed E-state index contributed by atoms with van der Waals surface area (Å²) in [4.78, 5) is 13.7. The minimum Gasteiger partial charge on any atom is -0.497 e. The fraction of sp³-hybridized carbons (Fsp3) is 0.167. The SMILES string of the molecule is COc1ccc(/C=N\NC(=O)CN(c2ccc(C)cc2)S(=O)(=O)c2ccc(SC)cc2)cc1. The molecular formula is C24H25N3O4S2. The molecule has 0 saturated heterocycles. The lowest BCUT2D eigenvalue weighted by Gasteiger charge is -2.24. The van der Waals surface area contributed by atoms with Crippen molar-refractivity contribution in [3.63, 3.8) is 0 Å². The largest absolute Gasteiger partial charge is 0.497 e. The molecule has 3 rings (SSSR count). The van der Waals surface area contributed by atoms with Crippen LogP contribution in [-0.4, -0.2) is 40.4 Å². The number of benzene rings is 3. The zero-order valence-electron chi connectivity index (χ0n) is 18.6. The van der Waals surface area contributed by atoms with Gasteiger partial charge in [0.05, 0.1) is 23.9 Å². The Labute approximate surface area is 198 Å². The monoisotopic (exact) mass is 483 g/mol. The first-order chi connectivity index (χ1) is 15.8. The lowest BCUT2D eigenvalue weighted by Crippen LogP contribution is -2.39. The number of carbonyl (C=O) groups is 1. The molecule has 0 aromatic heterocycles. The molecule has 33 heavy (non-hydrogen) atoms. The smallest absolute Gasteiger partial charge is 0.264 e. The number of rotatable bonds is 9. The van der Waals surface area contributed by atoms with Crippen molar-refractivity contribution in [2.45, 2.75) is 16.7 Å². The van der Waals surface area contributed by atoms with Crippen molar-refractivity contribution >= 4 is 39.6 Å². The minimum atomic E-state index is -3.97. The first-order valence-electron chi connectivity index (χ1n) is 10.0. The Hall–Kier alpha value is -3.30. The molecule has 0 aliphatic heterocycles. The topological polar surface area (TPSA) is 88.1 Å². The molecule has 7 nitrogen and oxygen atoms in total. The zero-order chi connectivity index (χ0) is 23.8. The Balaban J connectivity index is 1.80. The summed E-state index contributed by atoms with van der Waals surface area (Å²) in [6.07, 6.45) is 3.39. The highest BCUT2D eigenvalue weighted by Crippen LogP contribution is 2.25. The summed E-state index contributed by atoms with van der Waals surface area (Å²) in [6.45, 7) is 1.49. The fourth-order valence-corrected chi connectivity index (χ4v) is 4.76. The molecule has 0 saturated carbocycles. The van der Waals surface area contributed by atoms with Crippen LogP contribution in [0.2, 0.25) is 0 Å². The predicted octanol–water partition coefficient (Wildman–Crippen LogP) is 4.07. The van der Waals surface area contributed by atoms with E-state index in [9.17, 15) is 13.2 Å². The molecule has 0 aliphatic carbocycles. The summed E-state index contributed by atoms with van der Waals surface area (Å²) in [5.74, 6) is 0.144. The van der Waals surface area contributed by atoms with Crippen molar-refractivity contribution in [3.8, 4) is 5.75 Å². The normalized spacial score (nSPS) is 11.4. The number of hydrogen-bond donors (Lipinski definition) is 1. The maximum Gasteiger partial charge on any atom is 0.264 e. The number of methoxy groups -OCH3 is 1. The van der Waals surface area contributed by atoms with Gasteiger partial charge in [-0.1, -0.05) is 17.7 Å². The number of nitrogens with zero attached hydrogens (tertiary/aromatic N) is 2. The van der Waals surface area contributed by atoms with E-state index in [1.807, 2.05) is 13.2 Å². The van der Waals surface area contributed by atoms with E-state index in [1.54, 1.807) is 79.9 Å². The Bertz CT molecular complexity index is 1210. The van der Waals surface area contributed by atoms with Gasteiger partial charge in [0.25, 0.3) is 15.9 Å². The maximum atomic E-state index is 13.4. The van der Waals surface area contributed by atoms with Crippen molar-refractivity contribution in [2.24, 2.45) is 5.10 Å². The van der Waals surface area contributed by atoms with E-state index in [1.165, 1.54) is 18.0 Å². The quantitative estimate of drug-likeness (QED) is 0.282. The van der Waals surface area contributed by atoms with Crippen LogP contribution in [0.25, 0.3) is 0 Å². The van der Waals surface area contributed by atoms with Gasteiger partial charge in [-0.05, 0) is 79.4 Å². The van der Waals surface area contributed by atoms with Crippen LogP contribution in [-0.2, 0) is 14.8 Å². The maximum absolute atomic E-state index is 13.4. The van der Waals surface area contributed by atoms with E-state index in [0.717, 1.165) is 20.3 Å². The van der Waals surface area contributed by atoms with Crippen LogP contribution in [0.5, 0.6) is 5.75 Å². The molecule has 3 aromatic rings. The van der Waals surface area contributed by atoms with Gasteiger partial charge in [0.15, 0.2) is 0 Å². The first kappa shape index (κ1) is 24.3. The van der Waals surface area contributed by atoms with Crippen molar-refractivity contribution in [3.05, 3.63) is 83.9 Å². The second-order valence-corrected chi connectivity index (χ2v) is 9.83. The van der Waals surface area contributed by atoms with Crippen LogP contribution in [0.4, 0.5) is 5.69 Å². The standard InChI is InChI=1S/C24H25N3O4S2/c1-18-4-8-20(9-5-18)27(33(29,30)23-14-12-22(32-3)13-15-23)17-24(28)26-25-16-19-6-10-21(31-2)11-7-19/h4-16H,17H2,1-3H3,(H,26,28)/b25-16-. The van der Waals surface area contributed by atoms with Crippen molar-refractivity contribution in [1.82, 2.24) is 5.43 Å². The van der Waals surface area contributed by atoms with Crippen LogP contribution in [0.15, 0.2) is 87.7 Å². The van der Waals surface area contributed by atoms with Gasteiger partial charge in [0.2, 0.25) is 0 Å². The number of hydrogen-bond acceptors (Lipinski definition) is 6. The number of thioether (sulfide) groups is 1. The average molecular weight is 484 g/mol. The molecule has 1 N–H and O–H groups in total. The highest BCUT2D eigenvalue weighted by atomic mass is 32.2. The molecule has 0 fully saturated rings. The van der Waals surface area contributed by atoms with E-state index in [4.69, 9.17) is 4.74 Å². The van der Waals surface area contributed by atoms with Gasteiger partial charge >= 0.3 is 0 Å². The van der Waals surface area contributed by atoms with Crippen molar-refractivity contribution in [2.75, 3.05) is 24.2 Å². The Kier molecular flexibility index (Phi) is 8.13. The summed E-state index contributed by atoms with van der Waals surface area (Å²) >= 11 is 1.52. The molecule has 0 bridgehead atoms. The van der Waals surface area contributed by atoms with Crippen LogP contribution in [0.3, 0.4) is 0 Å². The Morgan fingerprint density at radius 1 is 1.03 bits per heavy atom. The van der Waals surface area contributed by atoms with Gasteiger partial charge in [0.1, 0.15) is 12.3 Å². The fourth-order valence-electron chi connectivity index (χ4n) is 2.94. The first-order valence-corrected chi connectivity index (χ1v) is 12.7. The lowest BCUT2D eigenvalue weighted by atomic mass is 10.2. The number of anilines is 1. The molecule has 9 heteroatoms. The number of nitrogens with one attached hydrogen (secondary N) is 1. The van der Waals surface area contributed by atoms with E-state index in [2.05, 4.69) is 10.5 Å². The van der Waals surface area contributed by atoms with Gasteiger partial charge in [-0.25, -0.2) is 13.8 Å². The molecule has 0 atom stereocenters. The third kappa shape index (κ3) is 6.36. The third-order valence-corrected chi connectivity index (χ3v) is 7.31. The van der Waals surface area contributed by atoms with Crippen molar-refractivity contribution in [1.29, 1.82) is 0 Å². The number of ether oxygens (including phenoxy) is 1. The highest BCUT2D eigenvalue weighted by Gasteiger charge is 2.27. The lowest BCUT2D eigenvalue weighted by molar-refractivity contribution is -0.119. The second-order valence-electron chi connectivity index (χ2n) is 7.09. The number of hydrazone groups is 1. The summed E-state index contributed by atoms with van der Waals surface area (Å²) in [6, 6.07) is 20.6. The molecular weight excluding hydrogens is 458 g/mol. The molecule has 1 amide bonds. The predicted molar refractivity (Wildman–Crippen MR) is 133 cm³/mol. The van der Waals surface area contributed by atoms with Gasteiger partial charge in [-0.2, -0.15) is 5.10 Å². The van der Waals surface area contributed by atoms with Crippen LogP contribution in [0.1, 0.15) is 11.1 Å². The Morgan fingerprint density at radius 2 is 1.67 bits per heavy atom. The minimum absolute atomic E-state index is 0.107. The molecule has 172 valence electrons. The highest BCUT2D eigenvalue weighted by molar-refractivity contribution is 7.98. The molecule has 0 heterocycles. The van der Waals surface area contributed by atoms with Gasteiger partial charge in [0, 0.05) is 4.90 Å². The third-order valence-electron chi connectivity index (χ3n) is 4.78. The summed E-state index contributed by atoms with van der Waals surface area (Å²) < 4.78 is 33.0. The van der Waals surface area contributed by atoms with Crippen LogP contribution < -0.4 is 14.5 Å². The number of amides is 1. The molecule has 3 aromatic carbocycles. The van der Waals surface area contributed by atoms with E-state index in [0.29, 0.717) is 11.4 Å². The number of sulfonamides is 1. The van der Waals surface area contributed by atoms with Gasteiger partial charge in [-0.15, -0.1) is 11.8 Å². The number of aryl methyl sites for hydroxylation is 1. The van der Waals surface area contributed by atoms with E-state index >= 15 is 0 Å². The molecule has 0 spiro atoms. The van der Waals surface area contributed by atoms with Crippen molar-refractivity contribution < 1.29 is 17.9 Å². The van der Waals surface area contributed by atoms with E-state index < -0.39 is 22.5 Å². The Morgan fingerprint density at radius 3 is 2.24 bits per heavy atom. The number of carbonyl (C=O) groups excluding carboxylic acids is 1. The molecule has 0 aliphatic rings. The molecule has 0 radical (unpaired) electrons. The second kappa shape index (κ2) is 11.0. The van der Waals surface area contributed by atoms with Gasteiger partial charge < -0.3 is 4.74 Å². The van der Waals surface area contributed by atoms with Crippen LogP contribution in [0, 0.1) is 6.92 Å². The van der Waals surface area contributed by atoms with Crippen LogP contribution >= 0.6 is 11.8 Å². The summed E-state index contributed by atoms with van der Waals surface area (Å²) in [5, 5.41) is 3.95. The summed E-state index contributed by atoms with van der Waals surface area (Å²) in [5.41, 5.74) is 4.53. The summed E-state index contributed by atoms with van der Waals surface area (Å²) in [7, 11) is -2.40. The van der Waals surface area contributed by atoms with E-state index in [-0.39, 0.29) is 4.90 Å². The average Bonchev–Trinajstić information content (AvgIpc) is 2.83. The zero-order valence-corrected chi connectivity index (χ0v) is 20.2.